The van der Waals surface area contributed by atoms with Crippen LogP contribution < -0.4 is 0 Å². The zero-order chi connectivity index (χ0) is 13.5. The van der Waals surface area contributed by atoms with Crippen molar-refractivity contribution in [3.8, 4) is 24.2 Å². The Morgan fingerprint density at radius 3 is 2.47 bits per heavy atom. The summed E-state index contributed by atoms with van der Waals surface area (Å²) in [5, 5.41) is 0. The fourth-order valence-electron chi connectivity index (χ4n) is 1.38. The molecule has 0 aliphatic carbocycles. The lowest BCUT2D eigenvalue weighted by Crippen LogP contribution is -1.81. The number of terminal acetylenes is 1. The third kappa shape index (κ3) is 3.84. The van der Waals surface area contributed by atoms with Gasteiger partial charge in [-0.25, -0.2) is 0 Å². The van der Waals surface area contributed by atoms with Crippen LogP contribution in [0.1, 0.15) is 22.5 Å². The third-order valence-electron chi connectivity index (χ3n) is 2.42. The molecule has 0 radical (unpaired) electrons. The number of aromatic nitrogens is 2. The second kappa shape index (κ2) is 6.19. The van der Waals surface area contributed by atoms with Crippen LogP contribution in [0, 0.1) is 31.1 Å². The maximum Gasteiger partial charge on any atom is 0.0636 e. The first-order chi connectivity index (χ1) is 9.28. The van der Waals surface area contributed by atoms with Crippen LogP contribution in [0.2, 0.25) is 0 Å². The first kappa shape index (κ1) is 12.6. The van der Waals surface area contributed by atoms with E-state index in [0.29, 0.717) is 0 Å². The van der Waals surface area contributed by atoms with Crippen LogP contribution in [0.25, 0.3) is 6.08 Å². The van der Waals surface area contributed by atoms with E-state index in [2.05, 4.69) is 27.7 Å². The normalized spacial score (nSPS) is 9.68. The van der Waals surface area contributed by atoms with E-state index in [1.807, 2.05) is 37.3 Å². The Hall–Kier alpha value is -2.84. The summed E-state index contributed by atoms with van der Waals surface area (Å²) < 4.78 is 0. The molecule has 0 N–H and O–H groups in total. The highest BCUT2D eigenvalue weighted by atomic mass is 14.7. The van der Waals surface area contributed by atoms with Gasteiger partial charge in [-0.1, -0.05) is 17.8 Å². The first-order valence-electron chi connectivity index (χ1n) is 5.81. The Labute approximate surface area is 113 Å². The van der Waals surface area contributed by atoms with E-state index in [1.54, 1.807) is 18.5 Å². The molecule has 0 aliphatic rings. The summed E-state index contributed by atoms with van der Waals surface area (Å²) in [4.78, 5) is 8.37. The number of nitrogens with zero attached hydrogens (tertiary/aromatic N) is 2. The second-order valence-electron chi connectivity index (χ2n) is 3.91. The Morgan fingerprint density at radius 1 is 1.05 bits per heavy atom. The van der Waals surface area contributed by atoms with E-state index >= 15 is 0 Å². The molecule has 0 aromatic carbocycles. The lowest BCUT2D eigenvalue weighted by molar-refractivity contribution is 1.19. The van der Waals surface area contributed by atoms with Crippen molar-refractivity contribution in [1.29, 1.82) is 0 Å². The molecule has 2 heterocycles. The molecule has 2 rings (SSSR count). The molecule has 2 aromatic heterocycles. The van der Waals surface area contributed by atoms with E-state index in [1.165, 1.54) is 0 Å². The molecule has 2 nitrogen and oxygen atoms in total. The summed E-state index contributed by atoms with van der Waals surface area (Å²) in [7, 11) is 0. The number of rotatable bonds is 1. The van der Waals surface area contributed by atoms with Crippen molar-refractivity contribution in [2.45, 2.75) is 6.92 Å². The molecule has 2 heteroatoms. The number of pyridine rings is 2. The van der Waals surface area contributed by atoms with Crippen molar-refractivity contribution in [3.05, 3.63) is 65.2 Å². The number of allylic oxidation sites excluding steroid dienone is 1. The molecule has 19 heavy (non-hydrogen) atoms. The van der Waals surface area contributed by atoms with Gasteiger partial charge in [0.25, 0.3) is 0 Å². The van der Waals surface area contributed by atoms with Gasteiger partial charge in [-0.3, -0.25) is 9.97 Å². The Kier molecular flexibility index (Phi) is 4.11. The summed E-state index contributed by atoms with van der Waals surface area (Å²) in [6.07, 6.45) is 12.3. The summed E-state index contributed by atoms with van der Waals surface area (Å²) in [5.74, 6) is 8.48. The van der Waals surface area contributed by atoms with Crippen molar-refractivity contribution >= 4 is 6.08 Å². The van der Waals surface area contributed by atoms with Crippen LogP contribution in [0.5, 0.6) is 0 Å². The molecular weight excluding hydrogens is 232 g/mol. The van der Waals surface area contributed by atoms with Gasteiger partial charge in [0, 0.05) is 29.2 Å². The summed E-state index contributed by atoms with van der Waals surface area (Å²) in [5.41, 5.74) is 3.48. The summed E-state index contributed by atoms with van der Waals surface area (Å²) in [6.45, 7) is 1.95. The summed E-state index contributed by atoms with van der Waals surface area (Å²) >= 11 is 0. The minimum atomic E-state index is 0.772. The number of hydrogen-bond donors (Lipinski definition) is 0. The SMILES string of the molecule is C#Cc1ccc(/C=C/C#Cc2ccc(C)nc2)nc1. The van der Waals surface area contributed by atoms with E-state index in [4.69, 9.17) is 6.42 Å². The fourth-order valence-corrected chi connectivity index (χ4v) is 1.38. The van der Waals surface area contributed by atoms with E-state index in [9.17, 15) is 0 Å². The Bertz CT molecular complexity index is 675. The predicted molar refractivity (Wildman–Crippen MR) is 77.1 cm³/mol. The Morgan fingerprint density at radius 2 is 1.84 bits per heavy atom. The van der Waals surface area contributed by atoms with E-state index in [0.717, 1.165) is 22.5 Å². The van der Waals surface area contributed by atoms with Crippen molar-refractivity contribution < 1.29 is 0 Å². The first-order valence-corrected chi connectivity index (χ1v) is 5.81. The highest BCUT2D eigenvalue weighted by Crippen LogP contribution is 2.01. The quantitative estimate of drug-likeness (QED) is 0.721. The molecule has 0 fully saturated rings. The largest absolute Gasteiger partial charge is 0.260 e. The van der Waals surface area contributed by atoms with Crippen LogP contribution in [0.15, 0.2) is 42.7 Å². The predicted octanol–water partition coefficient (Wildman–Crippen LogP) is 2.83. The summed E-state index contributed by atoms with van der Waals surface area (Å²) in [6, 6.07) is 7.60. The number of aryl methyl sites for hydroxylation is 1. The average molecular weight is 244 g/mol. The zero-order valence-electron chi connectivity index (χ0n) is 10.6. The van der Waals surface area contributed by atoms with Crippen LogP contribution >= 0.6 is 0 Å². The standard InChI is InChI=1S/C17H12N2/c1-3-15-10-11-17(19-12-15)7-5-4-6-16-9-8-14(2)18-13-16/h1,5,7-13H,2H3/b7-5+. The maximum absolute atomic E-state index is 5.26. The van der Waals surface area contributed by atoms with Crippen molar-refractivity contribution in [3.63, 3.8) is 0 Å². The molecular formula is C17H12N2. The van der Waals surface area contributed by atoms with Gasteiger partial charge in [-0.05, 0) is 43.3 Å². The molecule has 0 unspecified atom stereocenters. The van der Waals surface area contributed by atoms with Crippen LogP contribution in [-0.2, 0) is 0 Å². The van der Waals surface area contributed by atoms with Gasteiger partial charge < -0.3 is 0 Å². The van der Waals surface area contributed by atoms with Crippen LogP contribution in [-0.4, -0.2) is 9.97 Å². The lowest BCUT2D eigenvalue weighted by atomic mass is 10.2. The van der Waals surface area contributed by atoms with Gasteiger partial charge in [0.15, 0.2) is 0 Å². The van der Waals surface area contributed by atoms with E-state index in [-0.39, 0.29) is 0 Å². The van der Waals surface area contributed by atoms with Crippen molar-refractivity contribution in [1.82, 2.24) is 9.97 Å². The Balaban J connectivity index is 2.04. The second-order valence-corrected chi connectivity index (χ2v) is 3.91. The molecule has 90 valence electrons. The van der Waals surface area contributed by atoms with Crippen LogP contribution in [0.4, 0.5) is 0 Å². The molecule has 0 saturated carbocycles. The molecule has 2 aromatic rings. The van der Waals surface area contributed by atoms with Gasteiger partial charge in [0.2, 0.25) is 0 Å². The highest BCUT2D eigenvalue weighted by Gasteiger charge is 1.88. The monoisotopic (exact) mass is 244 g/mol. The molecule has 0 aliphatic heterocycles. The van der Waals surface area contributed by atoms with Gasteiger partial charge in [0.1, 0.15) is 0 Å². The molecule has 0 saturated heterocycles. The smallest absolute Gasteiger partial charge is 0.0636 e. The molecule has 0 spiro atoms. The third-order valence-corrected chi connectivity index (χ3v) is 2.42. The number of hydrogen-bond acceptors (Lipinski definition) is 2. The van der Waals surface area contributed by atoms with E-state index < -0.39 is 0 Å². The maximum atomic E-state index is 5.26. The van der Waals surface area contributed by atoms with Gasteiger partial charge in [0.05, 0.1) is 5.69 Å². The van der Waals surface area contributed by atoms with Gasteiger partial charge in [-0.2, -0.15) is 0 Å². The van der Waals surface area contributed by atoms with Gasteiger partial charge in [-0.15, -0.1) is 6.42 Å². The average Bonchev–Trinajstić information content (AvgIpc) is 2.46. The zero-order valence-corrected chi connectivity index (χ0v) is 10.6. The minimum absolute atomic E-state index is 0.772. The molecule has 0 amide bonds. The van der Waals surface area contributed by atoms with Gasteiger partial charge >= 0.3 is 0 Å². The van der Waals surface area contributed by atoms with Crippen molar-refractivity contribution in [2.24, 2.45) is 0 Å². The van der Waals surface area contributed by atoms with Crippen LogP contribution in [0.3, 0.4) is 0 Å². The topological polar surface area (TPSA) is 25.8 Å². The molecule has 0 atom stereocenters. The van der Waals surface area contributed by atoms with Crippen molar-refractivity contribution in [2.75, 3.05) is 0 Å². The molecule has 0 bridgehead atoms. The fraction of sp³-hybridized carbons (Fsp3) is 0.0588. The lowest BCUT2D eigenvalue weighted by Gasteiger charge is -1.91. The highest BCUT2D eigenvalue weighted by molar-refractivity contribution is 5.51. The minimum Gasteiger partial charge on any atom is -0.260 e.